The third-order valence-electron chi connectivity index (χ3n) is 4.70. The zero-order chi connectivity index (χ0) is 17.2. The molecule has 1 N–H and O–H groups in total. The lowest BCUT2D eigenvalue weighted by molar-refractivity contribution is 0.276. The molecule has 7 heteroatoms. The van der Waals surface area contributed by atoms with Crippen LogP contribution in [-0.4, -0.2) is 45.3 Å². The Morgan fingerprint density at radius 1 is 1.28 bits per heavy atom. The van der Waals surface area contributed by atoms with E-state index in [0.29, 0.717) is 5.69 Å². The van der Waals surface area contributed by atoms with Crippen LogP contribution >= 0.6 is 0 Å². The SMILES string of the molecule is COc1ccc2ccc(N3CCCC(n4cc(CO)nn4)C3)nc2c1. The number of aliphatic hydroxyl groups excluding tert-OH is 1. The first-order chi connectivity index (χ1) is 12.3. The number of anilines is 1. The Hall–Kier alpha value is -2.67. The Bertz CT molecular complexity index is 879. The van der Waals surface area contributed by atoms with Gasteiger partial charge in [-0.3, -0.25) is 0 Å². The molecule has 7 nitrogen and oxygen atoms in total. The van der Waals surface area contributed by atoms with Crippen LogP contribution in [0.1, 0.15) is 24.6 Å². The minimum absolute atomic E-state index is 0.0789. The van der Waals surface area contributed by atoms with Crippen molar-refractivity contribution in [3.63, 3.8) is 0 Å². The maximum Gasteiger partial charge on any atom is 0.129 e. The first-order valence-electron chi connectivity index (χ1n) is 8.48. The summed E-state index contributed by atoms with van der Waals surface area (Å²) >= 11 is 0. The predicted molar refractivity (Wildman–Crippen MR) is 94.7 cm³/mol. The molecule has 1 fully saturated rings. The normalized spacial score (nSPS) is 17.8. The van der Waals surface area contributed by atoms with Gasteiger partial charge in [0.05, 0.1) is 31.5 Å². The minimum Gasteiger partial charge on any atom is -0.497 e. The van der Waals surface area contributed by atoms with Crippen LogP contribution in [0.5, 0.6) is 5.75 Å². The monoisotopic (exact) mass is 339 g/mol. The number of nitrogens with zero attached hydrogens (tertiary/aromatic N) is 5. The van der Waals surface area contributed by atoms with Gasteiger partial charge in [0.2, 0.25) is 0 Å². The number of rotatable bonds is 4. The Morgan fingerprint density at radius 2 is 2.16 bits per heavy atom. The van der Waals surface area contributed by atoms with E-state index in [-0.39, 0.29) is 12.6 Å². The summed E-state index contributed by atoms with van der Waals surface area (Å²) in [4.78, 5) is 7.10. The van der Waals surface area contributed by atoms with Gasteiger partial charge in [-0.1, -0.05) is 5.21 Å². The predicted octanol–water partition coefficient (Wildman–Crippen LogP) is 2.17. The van der Waals surface area contributed by atoms with Crippen molar-refractivity contribution in [3.8, 4) is 5.75 Å². The average Bonchev–Trinajstić information content (AvgIpc) is 3.16. The lowest BCUT2D eigenvalue weighted by Crippen LogP contribution is -2.37. The minimum atomic E-state index is -0.0789. The molecule has 0 aliphatic carbocycles. The molecule has 2 aromatic heterocycles. The number of benzene rings is 1. The van der Waals surface area contributed by atoms with E-state index in [9.17, 15) is 5.11 Å². The highest BCUT2D eigenvalue weighted by Crippen LogP contribution is 2.27. The number of ether oxygens (including phenoxy) is 1. The molecule has 1 saturated heterocycles. The highest BCUT2D eigenvalue weighted by Gasteiger charge is 2.23. The van der Waals surface area contributed by atoms with Crippen LogP contribution in [-0.2, 0) is 6.61 Å². The van der Waals surface area contributed by atoms with E-state index in [2.05, 4.69) is 27.3 Å². The van der Waals surface area contributed by atoms with E-state index in [0.717, 1.165) is 48.4 Å². The van der Waals surface area contributed by atoms with Crippen molar-refractivity contribution in [2.75, 3.05) is 25.1 Å². The van der Waals surface area contributed by atoms with Crippen molar-refractivity contribution < 1.29 is 9.84 Å². The Labute approximate surface area is 145 Å². The van der Waals surface area contributed by atoms with Crippen LogP contribution in [0.15, 0.2) is 36.5 Å². The smallest absolute Gasteiger partial charge is 0.129 e. The van der Waals surface area contributed by atoms with Crippen LogP contribution in [0.4, 0.5) is 5.82 Å². The fourth-order valence-corrected chi connectivity index (χ4v) is 3.33. The summed E-state index contributed by atoms with van der Waals surface area (Å²) in [7, 11) is 1.67. The van der Waals surface area contributed by atoms with Crippen molar-refractivity contribution in [2.24, 2.45) is 0 Å². The van der Waals surface area contributed by atoms with Crippen LogP contribution in [0.3, 0.4) is 0 Å². The van der Waals surface area contributed by atoms with Gasteiger partial charge in [-0.05, 0) is 37.1 Å². The highest BCUT2D eigenvalue weighted by molar-refractivity contribution is 5.81. The molecule has 0 spiro atoms. The van der Waals surface area contributed by atoms with Gasteiger partial charge < -0.3 is 14.7 Å². The number of hydrogen-bond donors (Lipinski definition) is 1. The molecule has 1 aromatic carbocycles. The molecule has 1 atom stereocenters. The molecule has 0 radical (unpaired) electrons. The number of fused-ring (bicyclic) bond motifs is 1. The van der Waals surface area contributed by atoms with Crippen molar-refractivity contribution in [3.05, 3.63) is 42.2 Å². The summed E-state index contributed by atoms with van der Waals surface area (Å²) < 4.78 is 7.17. The molecular weight excluding hydrogens is 318 g/mol. The summed E-state index contributed by atoms with van der Waals surface area (Å²) in [5.74, 6) is 1.78. The van der Waals surface area contributed by atoms with Gasteiger partial charge in [-0.25, -0.2) is 9.67 Å². The van der Waals surface area contributed by atoms with E-state index in [4.69, 9.17) is 9.72 Å². The van der Waals surface area contributed by atoms with Crippen molar-refractivity contribution in [1.82, 2.24) is 20.0 Å². The molecule has 0 amide bonds. The second kappa shape index (κ2) is 6.68. The summed E-state index contributed by atoms with van der Waals surface area (Å²) in [6.07, 6.45) is 3.94. The molecule has 1 aliphatic rings. The fraction of sp³-hybridized carbons (Fsp3) is 0.389. The molecule has 1 unspecified atom stereocenters. The van der Waals surface area contributed by atoms with Gasteiger partial charge in [0.1, 0.15) is 17.3 Å². The molecule has 0 bridgehead atoms. The first kappa shape index (κ1) is 15.8. The quantitative estimate of drug-likeness (QED) is 0.785. The molecule has 0 saturated carbocycles. The van der Waals surface area contributed by atoms with Gasteiger partial charge in [0.15, 0.2) is 0 Å². The summed E-state index contributed by atoms with van der Waals surface area (Å²) in [5.41, 5.74) is 1.54. The summed E-state index contributed by atoms with van der Waals surface area (Å²) in [5, 5.41) is 18.4. The van der Waals surface area contributed by atoms with Crippen molar-refractivity contribution in [1.29, 1.82) is 0 Å². The lowest BCUT2D eigenvalue weighted by atomic mass is 10.1. The number of aliphatic hydroxyl groups is 1. The Kier molecular flexibility index (Phi) is 4.23. The average molecular weight is 339 g/mol. The highest BCUT2D eigenvalue weighted by atomic mass is 16.5. The molecule has 25 heavy (non-hydrogen) atoms. The van der Waals surface area contributed by atoms with Crippen molar-refractivity contribution in [2.45, 2.75) is 25.5 Å². The number of methoxy groups -OCH3 is 1. The Balaban J connectivity index is 1.59. The number of aromatic nitrogens is 4. The fourth-order valence-electron chi connectivity index (χ4n) is 3.33. The molecular formula is C18H21N5O2. The van der Waals surface area contributed by atoms with Crippen LogP contribution < -0.4 is 9.64 Å². The van der Waals surface area contributed by atoms with E-state index >= 15 is 0 Å². The van der Waals surface area contributed by atoms with Crippen LogP contribution in [0.2, 0.25) is 0 Å². The van der Waals surface area contributed by atoms with E-state index in [1.165, 1.54) is 0 Å². The number of pyridine rings is 1. The molecule has 4 rings (SSSR count). The van der Waals surface area contributed by atoms with E-state index < -0.39 is 0 Å². The van der Waals surface area contributed by atoms with Gasteiger partial charge in [-0.2, -0.15) is 0 Å². The number of hydrogen-bond acceptors (Lipinski definition) is 6. The summed E-state index contributed by atoms with van der Waals surface area (Å²) in [6, 6.07) is 10.3. The van der Waals surface area contributed by atoms with Gasteiger partial charge in [0, 0.05) is 24.5 Å². The largest absolute Gasteiger partial charge is 0.497 e. The number of piperidine rings is 1. The first-order valence-corrected chi connectivity index (χ1v) is 8.48. The third-order valence-corrected chi connectivity index (χ3v) is 4.70. The van der Waals surface area contributed by atoms with Gasteiger partial charge >= 0.3 is 0 Å². The summed E-state index contributed by atoms with van der Waals surface area (Å²) in [6.45, 7) is 1.72. The standard InChI is InChI=1S/C18H21N5O2/c1-25-16-6-4-13-5-7-18(19-17(13)9-16)22-8-2-3-15(11-22)23-10-14(12-24)20-21-23/h4-7,9-10,15,24H,2-3,8,11-12H2,1H3. The lowest BCUT2D eigenvalue weighted by Gasteiger charge is -2.33. The van der Waals surface area contributed by atoms with Crippen molar-refractivity contribution >= 4 is 16.7 Å². The Morgan fingerprint density at radius 3 is 2.96 bits per heavy atom. The molecule has 3 aromatic rings. The second-order valence-electron chi connectivity index (χ2n) is 6.32. The van der Waals surface area contributed by atoms with E-state index in [1.807, 2.05) is 29.1 Å². The van der Waals surface area contributed by atoms with Gasteiger partial charge in [-0.15, -0.1) is 5.10 Å². The zero-order valence-electron chi connectivity index (χ0n) is 14.2. The maximum absolute atomic E-state index is 9.18. The topological polar surface area (TPSA) is 76.3 Å². The molecule has 3 heterocycles. The molecule has 130 valence electrons. The second-order valence-corrected chi connectivity index (χ2v) is 6.32. The van der Waals surface area contributed by atoms with Crippen LogP contribution in [0.25, 0.3) is 10.9 Å². The maximum atomic E-state index is 9.18. The van der Waals surface area contributed by atoms with Gasteiger partial charge in [0.25, 0.3) is 0 Å². The third kappa shape index (κ3) is 3.15. The van der Waals surface area contributed by atoms with E-state index in [1.54, 1.807) is 7.11 Å². The molecule has 1 aliphatic heterocycles. The zero-order valence-corrected chi connectivity index (χ0v) is 14.2. The van der Waals surface area contributed by atoms with Crippen LogP contribution in [0, 0.1) is 0 Å².